The molecule has 0 bridgehead atoms. The summed E-state index contributed by atoms with van der Waals surface area (Å²) in [5, 5.41) is 0.632. The molecule has 0 saturated heterocycles. The Bertz CT molecular complexity index is 921. The van der Waals surface area contributed by atoms with Crippen molar-refractivity contribution in [3.8, 4) is 0 Å². The number of aromatic nitrogens is 2. The van der Waals surface area contributed by atoms with Crippen molar-refractivity contribution in [2.45, 2.75) is 6.92 Å². The van der Waals surface area contributed by atoms with Crippen molar-refractivity contribution >= 4 is 34.1 Å². The summed E-state index contributed by atoms with van der Waals surface area (Å²) in [6.45, 7) is 1.72. The zero-order valence-corrected chi connectivity index (χ0v) is 12.1. The minimum atomic E-state index is -1.09. The molecule has 7 heteroatoms. The van der Waals surface area contributed by atoms with E-state index in [1.54, 1.807) is 6.92 Å². The molecule has 2 heterocycles. The molecule has 2 aromatic heterocycles. The Morgan fingerprint density at radius 1 is 1.36 bits per heavy atom. The van der Waals surface area contributed by atoms with Crippen molar-refractivity contribution in [3.63, 3.8) is 0 Å². The van der Waals surface area contributed by atoms with Crippen LogP contribution in [0.3, 0.4) is 0 Å². The second-order valence-corrected chi connectivity index (χ2v) is 5.21. The van der Waals surface area contributed by atoms with E-state index >= 15 is 0 Å². The van der Waals surface area contributed by atoms with Gasteiger partial charge in [0.15, 0.2) is 5.82 Å². The summed E-state index contributed by atoms with van der Waals surface area (Å²) in [7, 11) is 0. The van der Waals surface area contributed by atoms with Gasteiger partial charge in [-0.15, -0.1) is 0 Å². The van der Waals surface area contributed by atoms with Crippen LogP contribution in [0, 0.1) is 18.6 Å². The second-order valence-electron chi connectivity index (χ2n) is 4.84. The lowest BCUT2D eigenvalue weighted by Gasteiger charge is -2.06. The molecule has 0 amide bonds. The quantitative estimate of drug-likeness (QED) is 0.559. The van der Waals surface area contributed by atoms with E-state index in [2.05, 4.69) is 9.97 Å². The van der Waals surface area contributed by atoms with Crippen LogP contribution in [0.2, 0.25) is 5.02 Å². The average Bonchev–Trinajstić information content (AvgIpc) is 2.92. The summed E-state index contributed by atoms with van der Waals surface area (Å²) in [6.07, 6.45) is 2.87. The Kier molecular flexibility index (Phi) is 3.33. The molecule has 3 rings (SSSR count). The fraction of sp³-hybridized carbons (Fsp3) is 0.0667. The number of halogens is 3. The van der Waals surface area contributed by atoms with Gasteiger partial charge < -0.3 is 10.7 Å². The number of fused-ring (bicyclic) bond motifs is 1. The minimum absolute atomic E-state index is 0.0413. The van der Waals surface area contributed by atoms with Gasteiger partial charge in [-0.1, -0.05) is 11.6 Å². The number of nitrogen functional groups attached to an aromatic ring is 1. The summed E-state index contributed by atoms with van der Waals surface area (Å²) in [5.74, 6) is -2.92. The first-order valence-electron chi connectivity index (χ1n) is 6.32. The van der Waals surface area contributed by atoms with E-state index < -0.39 is 23.0 Å². The molecule has 0 saturated carbocycles. The number of rotatable bonds is 2. The third-order valence-electron chi connectivity index (χ3n) is 3.41. The fourth-order valence-electron chi connectivity index (χ4n) is 2.24. The third kappa shape index (κ3) is 2.03. The minimum Gasteiger partial charge on any atom is -0.396 e. The number of carbonyl (C=O) groups is 1. The monoisotopic (exact) mass is 321 g/mol. The van der Waals surface area contributed by atoms with Gasteiger partial charge in [-0.25, -0.2) is 13.8 Å². The first kappa shape index (κ1) is 14.5. The number of nitrogens with zero attached hydrogens (tertiary/aromatic N) is 1. The zero-order valence-electron chi connectivity index (χ0n) is 11.4. The van der Waals surface area contributed by atoms with Crippen molar-refractivity contribution in [1.29, 1.82) is 0 Å². The highest BCUT2D eigenvalue weighted by molar-refractivity contribution is 6.37. The van der Waals surface area contributed by atoms with Gasteiger partial charge in [0.25, 0.3) is 0 Å². The van der Waals surface area contributed by atoms with E-state index in [0.29, 0.717) is 21.6 Å². The first-order valence-corrected chi connectivity index (χ1v) is 6.70. The van der Waals surface area contributed by atoms with Crippen LogP contribution in [0.5, 0.6) is 0 Å². The van der Waals surface area contributed by atoms with Crippen LogP contribution in [-0.2, 0) is 0 Å². The van der Waals surface area contributed by atoms with E-state index in [9.17, 15) is 13.6 Å². The predicted molar refractivity (Wildman–Crippen MR) is 80.0 cm³/mol. The topological polar surface area (TPSA) is 71.8 Å². The predicted octanol–water partition coefficient (Wildman–Crippen LogP) is 3.62. The average molecular weight is 322 g/mol. The molecule has 0 aliphatic rings. The number of aromatic amines is 1. The van der Waals surface area contributed by atoms with Crippen LogP contribution < -0.4 is 5.73 Å². The number of hydrogen-bond donors (Lipinski definition) is 2. The van der Waals surface area contributed by atoms with Gasteiger partial charge >= 0.3 is 0 Å². The Balaban J connectivity index is 2.27. The lowest BCUT2D eigenvalue weighted by Crippen LogP contribution is -2.09. The fourth-order valence-corrected chi connectivity index (χ4v) is 2.48. The van der Waals surface area contributed by atoms with Gasteiger partial charge in [-0.2, -0.15) is 0 Å². The summed E-state index contributed by atoms with van der Waals surface area (Å²) in [5.41, 5.74) is 5.45. The molecular weight excluding hydrogens is 312 g/mol. The Morgan fingerprint density at radius 3 is 2.82 bits per heavy atom. The Labute approximate surface area is 128 Å². The van der Waals surface area contributed by atoms with E-state index in [0.717, 1.165) is 12.1 Å². The standard InChI is InChI=1S/C15H10ClF2N3O/c1-6-4-20-15-10(12(6)16)7(5-21-15)14(22)11-8(17)2-3-9(19)13(11)18/h2-5H,19H2,1H3,(H,20,21). The van der Waals surface area contributed by atoms with Crippen LogP contribution in [0.15, 0.2) is 24.5 Å². The Hall–Kier alpha value is -2.47. The van der Waals surface area contributed by atoms with Crippen molar-refractivity contribution in [3.05, 3.63) is 57.9 Å². The van der Waals surface area contributed by atoms with Gasteiger partial charge in [0.05, 0.1) is 21.8 Å². The molecule has 0 aliphatic heterocycles. The number of ketones is 1. The molecule has 0 atom stereocenters. The molecule has 3 aromatic rings. The Morgan fingerprint density at radius 2 is 2.09 bits per heavy atom. The van der Waals surface area contributed by atoms with Crippen LogP contribution in [0.25, 0.3) is 11.0 Å². The lowest BCUT2D eigenvalue weighted by atomic mass is 10.0. The molecule has 1 aromatic carbocycles. The van der Waals surface area contributed by atoms with Gasteiger partial charge in [0, 0.05) is 17.8 Å². The number of pyridine rings is 1. The number of nitrogens with two attached hydrogens (primary N) is 1. The number of aryl methyl sites for hydroxylation is 1. The van der Waals surface area contributed by atoms with Gasteiger partial charge in [0.2, 0.25) is 5.78 Å². The van der Waals surface area contributed by atoms with Crippen molar-refractivity contribution in [1.82, 2.24) is 9.97 Å². The normalized spacial score (nSPS) is 11.1. The molecule has 0 spiro atoms. The van der Waals surface area contributed by atoms with Crippen LogP contribution in [0.1, 0.15) is 21.5 Å². The first-order chi connectivity index (χ1) is 10.4. The van der Waals surface area contributed by atoms with Crippen LogP contribution in [-0.4, -0.2) is 15.8 Å². The number of H-pyrrole nitrogens is 1. The highest BCUT2D eigenvalue weighted by Crippen LogP contribution is 2.31. The maximum absolute atomic E-state index is 14.0. The molecule has 0 aliphatic carbocycles. The summed E-state index contributed by atoms with van der Waals surface area (Å²) < 4.78 is 27.9. The highest BCUT2D eigenvalue weighted by Gasteiger charge is 2.25. The molecule has 0 fully saturated rings. The van der Waals surface area contributed by atoms with Crippen molar-refractivity contribution < 1.29 is 13.6 Å². The number of carbonyl (C=O) groups excluding carboxylic acids is 1. The van der Waals surface area contributed by atoms with Crippen molar-refractivity contribution in [2.24, 2.45) is 0 Å². The number of nitrogens with one attached hydrogen (secondary N) is 1. The van der Waals surface area contributed by atoms with Crippen molar-refractivity contribution in [2.75, 3.05) is 5.73 Å². The van der Waals surface area contributed by atoms with E-state index in [1.165, 1.54) is 12.4 Å². The molecular formula is C15H10ClF2N3O. The van der Waals surface area contributed by atoms with Crippen LogP contribution >= 0.6 is 11.6 Å². The van der Waals surface area contributed by atoms with Gasteiger partial charge in [0.1, 0.15) is 11.5 Å². The largest absolute Gasteiger partial charge is 0.396 e. The zero-order chi connectivity index (χ0) is 16.0. The highest BCUT2D eigenvalue weighted by atomic mass is 35.5. The van der Waals surface area contributed by atoms with Crippen LogP contribution in [0.4, 0.5) is 14.5 Å². The van der Waals surface area contributed by atoms with Gasteiger partial charge in [-0.05, 0) is 24.6 Å². The van der Waals surface area contributed by atoms with Gasteiger partial charge in [-0.3, -0.25) is 4.79 Å². The lowest BCUT2D eigenvalue weighted by molar-refractivity contribution is 0.103. The third-order valence-corrected chi connectivity index (χ3v) is 3.89. The SMILES string of the molecule is Cc1cnc2[nH]cc(C(=O)c3c(F)ccc(N)c3F)c2c1Cl. The summed E-state index contributed by atoms with van der Waals surface area (Å²) in [6, 6.07) is 2.01. The molecule has 3 N–H and O–H groups in total. The molecule has 4 nitrogen and oxygen atoms in total. The summed E-state index contributed by atoms with van der Waals surface area (Å²) >= 11 is 6.19. The maximum atomic E-state index is 14.0. The second kappa shape index (κ2) is 5.06. The number of hydrogen-bond acceptors (Lipinski definition) is 3. The van der Waals surface area contributed by atoms with E-state index in [4.69, 9.17) is 17.3 Å². The van der Waals surface area contributed by atoms with E-state index in [-0.39, 0.29) is 11.3 Å². The maximum Gasteiger partial charge on any atom is 0.201 e. The number of benzene rings is 1. The number of anilines is 1. The molecule has 0 unspecified atom stereocenters. The molecule has 112 valence electrons. The molecule has 0 radical (unpaired) electrons. The van der Waals surface area contributed by atoms with E-state index in [1.807, 2.05) is 0 Å². The molecule has 22 heavy (non-hydrogen) atoms. The summed E-state index contributed by atoms with van der Waals surface area (Å²) in [4.78, 5) is 19.4. The smallest absolute Gasteiger partial charge is 0.201 e.